The van der Waals surface area contributed by atoms with Gasteiger partial charge in [0.25, 0.3) is 0 Å². The van der Waals surface area contributed by atoms with Gasteiger partial charge < -0.3 is 25.2 Å². The van der Waals surface area contributed by atoms with Crippen LogP contribution in [0.25, 0.3) is 0 Å². The number of halogens is 1. The Morgan fingerprint density at radius 1 is 1.19 bits per heavy atom. The fourth-order valence-electron chi connectivity index (χ4n) is 4.03. The molecule has 2 amide bonds. The number of benzene rings is 2. The van der Waals surface area contributed by atoms with Crippen molar-refractivity contribution in [1.29, 1.82) is 0 Å². The number of amides is 2. The molecule has 2 aromatic rings. The first-order chi connectivity index (χ1) is 17.3. The van der Waals surface area contributed by atoms with Gasteiger partial charge in [0, 0.05) is 25.1 Å². The fraction of sp³-hybridized carbons (Fsp3) is 0.357. The van der Waals surface area contributed by atoms with E-state index >= 15 is 0 Å². The fourth-order valence-corrected chi connectivity index (χ4v) is 4.54. The molecule has 0 spiro atoms. The van der Waals surface area contributed by atoms with E-state index in [-0.39, 0.29) is 37.9 Å². The second-order valence-electron chi connectivity index (χ2n) is 8.71. The van der Waals surface area contributed by atoms with E-state index in [2.05, 4.69) is 27.9 Å². The van der Waals surface area contributed by atoms with Crippen LogP contribution in [-0.2, 0) is 16.1 Å². The molecular formula is C28H33IN2O5. The van der Waals surface area contributed by atoms with Crippen LogP contribution in [0.5, 0.6) is 5.75 Å². The number of nitrogens with zero attached hydrogens (tertiary/aromatic N) is 1. The highest BCUT2D eigenvalue weighted by Crippen LogP contribution is 2.30. The molecular weight excluding hydrogens is 571 g/mol. The van der Waals surface area contributed by atoms with E-state index in [1.54, 1.807) is 23.1 Å². The molecule has 36 heavy (non-hydrogen) atoms. The van der Waals surface area contributed by atoms with Crippen LogP contribution in [0.2, 0.25) is 0 Å². The van der Waals surface area contributed by atoms with E-state index in [0.717, 1.165) is 14.7 Å². The van der Waals surface area contributed by atoms with Gasteiger partial charge in [0.15, 0.2) is 0 Å². The number of carbonyl (C=O) groups excluding carboxylic acids is 2. The highest BCUT2D eigenvalue weighted by atomic mass is 127. The van der Waals surface area contributed by atoms with Crippen molar-refractivity contribution in [2.45, 2.75) is 51.5 Å². The molecule has 0 saturated heterocycles. The summed E-state index contributed by atoms with van der Waals surface area (Å²) in [7, 11) is 0. The van der Waals surface area contributed by atoms with E-state index < -0.39 is 18.2 Å². The molecule has 3 rings (SSSR count). The predicted molar refractivity (Wildman–Crippen MR) is 147 cm³/mol. The number of aliphatic hydroxyl groups excluding tert-OH is 2. The third-order valence-electron chi connectivity index (χ3n) is 5.97. The van der Waals surface area contributed by atoms with Crippen LogP contribution < -0.4 is 10.1 Å². The van der Waals surface area contributed by atoms with Gasteiger partial charge in [-0.3, -0.25) is 9.59 Å². The minimum atomic E-state index is -1.07. The molecule has 0 heterocycles. The van der Waals surface area contributed by atoms with Gasteiger partial charge in [-0.15, -0.1) is 0 Å². The van der Waals surface area contributed by atoms with E-state index in [1.807, 2.05) is 56.3 Å². The lowest BCUT2D eigenvalue weighted by atomic mass is 9.87. The average molecular weight is 604 g/mol. The molecule has 3 atom stereocenters. The van der Waals surface area contributed by atoms with Crippen LogP contribution in [0, 0.1) is 10.5 Å². The van der Waals surface area contributed by atoms with Gasteiger partial charge in [-0.1, -0.05) is 55.0 Å². The molecule has 8 heteroatoms. The number of ether oxygens (including phenoxy) is 1. The first-order valence-electron chi connectivity index (χ1n) is 12.1. The Morgan fingerprint density at radius 3 is 2.58 bits per heavy atom. The molecule has 0 saturated carbocycles. The molecule has 0 aliphatic heterocycles. The summed E-state index contributed by atoms with van der Waals surface area (Å²) in [6, 6.07) is 14.6. The lowest BCUT2D eigenvalue weighted by molar-refractivity contribution is -0.134. The number of hydrogen-bond acceptors (Lipinski definition) is 5. The minimum Gasteiger partial charge on any atom is -0.482 e. The standard InChI is InChI=1S/C28H33IN2O5/c1-3-4-9-26(33)31(18-20-12-10-19(2)11-13-20)23-16-21(28(35)30-14-15-32)17-25(27(23)34)36-24-8-6-5-7-22(24)29/h4-13,17,23,25,27,32,34H,3,14-16,18H2,1-2H3,(H,30,35)/t23-,25+,27+/m1/s1. The highest BCUT2D eigenvalue weighted by molar-refractivity contribution is 14.1. The predicted octanol–water partition coefficient (Wildman–Crippen LogP) is 3.51. The molecule has 0 unspecified atom stereocenters. The maximum absolute atomic E-state index is 13.3. The third kappa shape index (κ3) is 7.41. The van der Waals surface area contributed by atoms with Crippen LogP contribution in [0.3, 0.4) is 0 Å². The summed E-state index contributed by atoms with van der Waals surface area (Å²) in [6.45, 7) is 4.14. The van der Waals surface area contributed by atoms with Crippen molar-refractivity contribution in [2.75, 3.05) is 13.2 Å². The summed E-state index contributed by atoms with van der Waals surface area (Å²) in [4.78, 5) is 27.8. The summed E-state index contributed by atoms with van der Waals surface area (Å²) < 4.78 is 7.03. The van der Waals surface area contributed by atoms with Crippen LogP contribution >= 0.6 is 22.6 Å². The Kier molecular flexibility index (Phi) is 10.5. The van der Waals surface area contributed by atoms with Gasteiger partial charge in [-0.2, -0.15) is 0 Å². The van der Waals surface area contributed by atoms with E-state index in [9.17, 15) is 14.7 Å². The number of hydrogen-bond donors (Lipinski definition) is 3. The number of rotatable bonds is 10. The molecule has 0 aromatic heterocycles. The normalized spacial score (nSPS) is 19.6. The van der Waals surface area contributed by atoms with Gasteiger partial charge in [0.1, 0.15) is 18.0 Å². The first kappa shape index (κ1) is 27.9. The molecule has 3 N–H and O–H groups in total. The van der Waals surface area contributed by atoms with E-state index in [1.165, 1.54) is 6.08 Å². The molecule has 0 fully saturated rings. The van der Waals surface area contributed by atoms with E-state index in [4.69, 9.17) is 9.84 Å². The van der Waals surface area contributed by atoms with Gasteiger partial charge >= 0.3 is 0 Å². The van der Waals surface area contributed by atoms with E-state index in [0.29, 0.717) is 17.7 Å². The number of allylic oxidation sites excluding steroid dienone is 1. The average Bonchev–Trinajstić information content (AvgIpc) is 2.88. The van der Waals surface area contributed by atoms with Gasteiger partial charge in [-0.25, -0.2) is 0 Å². The molecule has 192 valence electrons. The topological polar surface area (TPSA) is 99.1 Å². The van der Waals surface area contributed by atoms with Crippen molar-refractivity contribution in [1.82, 2.24) is 10.2 Å². The zero-order valence-corrected chi connectivity index (χ0v) is 22.7. The third-order valence-corrected chi connectivity index (χ3v) is 6.86. The van der Waals surface area contributed by atoms with Gasteiger partial charge in [-0.05, 0) is 65.8 Å². The van der Waals surface area contributed by atoms with Crippen LogP contribution in [0.4, 0.5) is 0 Å². The summed E-state index contributed by atoms with van der Waals surface area (Å²) in [5, 5.41) is 23.3. The number of nitrogens with one attached hydrogen (secondary N) is 1. The zero-order valence-electron chi connectivity index (χ0n) is 20.6. The monoisotopic (exact) mass is 604 g/mol. The maximum Gasteiger partial charge on any atom is 0.247 e. The molecule has 0 radical (unpaired) electrons. The van der Waals surface area contributed by atoms with Gasteiger partial charge in [0.2, 0.25) is 11.8 Å². The summed E-state index contributed by atoms with van der Waals surface area (Å²) in [5.41, 5.74) is 2.43. The number of carbonyl (C=O) groups is 2. The summed E-state index contributed by atoms with van der Waals surface area (Å²) in [6.07, 6.45) is 3.85. The molecule has 0 bridgehead atoms. The van der Waals surface area contributed by atoms with Crippen LogP contribution in [-0.4, -0.2) is 58.3 Å². The van der Waals surface area contributed by atoms with Crippen LogP contribution in [0.1, 0.15) is 30.9 Å². The number of aryl methyl sites for hydroxylation is 1. The Morgan fingerprint density at radius 2 is 1.92 bits per heavy atom. The zero-order chi connectivity index (χ0) is 26.1. The molecule has 2 aromatic carbocycles. The first-order valence-corrected chi connectivity index (χ1v) is 13.1. The lowest BCUT2D eigenvalue weighted by Gasteiger charge is -2.40. The highest BCUT2D eigenvalue weighted by Gasteiger charge is 2.40. The SMILES string of the molecule is CCC=CC(=O)N(Cc1ccc(C)cc1)[C@@H]1CC(C(=O)NCCO)=C[C@H](Oc2ccccc2I)[C@H]1O. The molecule has 1 aliphatic carbocycles. The molecule has 7 nitrogen and oxygen atoms in total. The maximum atomic E-state index is 13.3. The largest absolute Gasteiger partial charge is 0.482 e. The quantitative estimate of drug-likeness (QED) is 0.285. The molecule has 1 aliphatic rings. The van der Waals surface area contributed by atoms with Crippen molar-refractivity contribution >= 4 is 34.4 Å². The number of para-hydroxylation sites is 1. The van der Waals surface area contributed by atoms with Crippen molar-refractivity contribution in [3.8, 4) is 5.75 Å². The second kappa shape index (κ2) is 13.6. The Hall–Kier alpha value is -2.69. The van der Waals surface area contributed by atoms with Crippen molar-refractivity contribution < 1.29 is 24.5 Å². The van der Waals surface area contributed by atoms with Crippen LogP contribution in [0.15, 0.2) is 72.3 Å². The van der Waals surface area contributed by atoms with Gasteiger partial charge in [0.05, 0.1) is 16.2 Å². The Balaban J connectivity index is 1.98. The second-order valence-corrected chi connectivity index (χ2v) is 9.87. The number of aliphatic hydroxyl groups is 2. The lowest BCUT2D eigenvalue weighted by Crippen LogP contribution is -2.54. The summed E-state index contributed by atoms with van der Waals surface area (Å²) >= 11 is 2.15. The Bertz CT molecular complexity index is 1100. The van der Waals surface area contributed by atoms with Crippen molar-refractivity contribution in [3.05, 3.63) is 87.0 Å². The smallest absolute Gasteiger partial charge is 0.247 e. The van der Waals surface area contributed by atoms with Crippen molar-refractivity contribution in [3.63, 3.8) is 0 Å². The Labute approximate surface area is 226 Å². The van der Waals surface area contributed by atoms with Crippen molar-refractivity contribution in [2.24, 2.45) is 0 Å². The summed E-state index contributed by atoms with van der Waals surface area (Å²) in [5.74, 6) is -0.0212. The minimum absolute atomic E-state index is 0.108.